The molecular weight excluding hydrogens is 396 g/mol. The second-order valence-corrected chi connectivity index (χ2v) is 8.56. The summed E-state index contributed by atoms with van der Waals surface area (Å²) in [6.45, 7) is 5.62. The van der Waals surface area contributed by atoms with Gasteiger partial charge in [-0.25, -0.2) is 0 Å². The van der Waals surface area contributed by atoms with E-state index >= 15 is 0 Å². The molecule has 0 bridgehead atoms. The SMILES string of the molecule is O=C1CCc2cc(OCCCC(=O)N3CCN(CC(=O)N4CCCC4)CC3)ccc2N1. The maximum Gasteiger partial charge on any atom is 0.236 e. The van der Waals surface area contributed by atoms with Crippen molar-refractivity contribution >= 4 is 23.4 Å². The van der Waals surface area contributed by atoms with E-state index in [-0.39, 0.29) is 17.7 Å². The highest BCUT2D eigenvalue weighted by molar-refractivity contribution is 5.94. The van der Waals surface area contributed by atoms with Gasteiger partial charge in [0.15, 0.2) is 0 Å². The Morgan fingerprint density at radius 3 is 2.45 bits per heavy atom. The maximum absolute atomic E-state index is 12.5. The highest BCUT2D eigenvalue weighted by Gasteiger charge is 2.25. The number of ether oxygens (including phenoxy) is 1. The third-order valence-corrected chi connectivity index (χ3v) is 6.32. The van der Waals surface area contributed by atoms with Crippen molar-refractivity contribution in [2.24, 2.45) is 0 Å². The number of fused-ring (bicyclic) bond motifs is 1. The number of hydrogen-bond acceptors (Lipinski definition) is 5. The van der Waals surface area contributed by atoms with Crippen LogP contribution >= 0.6 is 0 Å². The van der Waals surface area contributed by atoms with Crippen molar-refractivity contribution in [1.29, 1.82) is 0 Å². The molecule has 3 heterocycles. The number of amides is 3. The molecule has 31 heavy (non-hydrogen) atoms. The number of hydrogen-bond donors (Lipinski definition) is 1. The molecule has 1 aromatic rings. The summed E-state index contributed by atoms with van der Waals surface area (Å²) >= 11 is 0. The van der Waals surface area contributed by atoms with E-state index in [1.807, 2.05) is 28.0 Å². The number of nitrogens with one attached hydrogen (secondary N) is 1. The van der Waals surface area contributed by atoms with Crippen molar-refractivity contribution in [3.8, 4) is 5.75 Å². The number of piperazine rings is 1. The van der Waals surface area contributed by atoms with Crippen molar-refractivity contribution in [2.75, 3.05) is 57.7 Å². The summed E-state index contributed by atoms with van der Waals surface area (Å²) in [7, 11) is 0. The van der Waals surface area contributed by atoms with Crippen LogP contribution in [0.2, 0.25) is 0 Å². The van der Waals surface area contributed by atoms with Gasteiger partial charge in [0.1, 0.15) is 5.75 Å². The normalized spacial score (nSPS) is 19.2. The second kappa shape index (κ2) is 10.1. The smallest absolute Gasteiger partial charge is 0.236 e. The third kappa shape index (κ3) is 5.76. The van der Waals surface area contributed by atoms with Gasteiger partial charge in [-0.15, -0.1) is 0 Å². The molecule has 0 spiro atoms. The van der Waals surface area contributed by atoms with E-state index in [1.54, 1.807) is 0 Å². The lowest BCUT2D eigenvalue weighted by molar-refractivity contribution is -0.134. The Labute approximate surface area is 183 Å². The molecule has 3 aliphatic rings. The minimum Gasteiger partial charge on any atom is -0.494 e. The highest BCUT2D eigenvalue weighted by atomic mass is 16.5. The molecule has 0 atom stereocenters. The number of nitrogens with zero attached hydrogens (tertiary/aromatic N) is 3. The van der Waals surface area contributed by atoms with E-state index in [0.717, 1.165) is 62.4 Å². The lowest BCUT2D eigenvalue weighted by Gasteiger charge is -2.35. The summed E-state index contributed by atoms with van der Waals surface area (Å²) in [6, 6.07) is 5.70. The van der Waals surface area contributed by atoms with Gasteiger partial charge >= 0.3 is 0 Å². The average molecular weight is 429 g/mol. The first-order valence-electron chi connectivity index (χ1n) is 11.4. The van der Waals surface area contributed by atoms with Gasteiger partial charge in [0.25, 0.3) is 0 Å². The Morgan fingerprint density at radius 2 is 1.68 bits per heavy atom. The fourth-order valence-electron chi connectivity index (χ4n) is 4.43. The quantitative estimate of drug-likeness (QED) is 0.666. The zero-order chi connectivity index (χ0) is 21.6. The van der Waals surface area contributed by atoms with E-state index < -0.39 is 0 Å². The summed E-state index contributed by atoms with van der Waals surface area (Å²) in [5.74, 6) is 1.21. The molecule has 0 radical (unpaired) electrons. The number of carbonyl (C=O) groups excluding carboxylic acids is 3. The molecule has 1 N–H and O–H groups in total. The first-order chi connectivity index (χ1) is 15.1. The van der Waals surface area contributed by atoms with Crippen LogP contribution in [0.3, 0.4) is 0 Å². The molecule has 8 nitrogen and oxygen atoms in total. The monoisotopic (exact) mass is 428 g/mol. The molecule has 0 aliphatic carbocycles. The van der Waals surface area contributed by atoms with Crippen LogP contribution in [0, 0.1) is 0 Å². The number of likely N-dealkylation sites (tertiary alicyclic amines) is 1. The van der Waals surface area contributed by atoms with Crippen LogP contribution in [0.25, 0.3) is 0 Å². The van der Waals surface area contributed by atoms with Crippen LogP contribution in [0.1, 0.15) is 37.7 Å². The van der Waals surface area contributed by atoms with Gasteiger partial charge < -0.3 is 19.9 Å². The number of benzene rings is 1. The molecule has 1 aromatic carbocycles. The second-order valence-electron chi connectivity index (χ2n) is 8.56. The van der Waals surface area contributed by atoms with Gasteiger partial charge in [0.05, 0.1) is 13.2 Å². The first kappa shape index (κ1) is 21.6. The number of carbonyl (C=O) groups is 3. The Balaban J connectivity index is 1.12. The lowest BCUT2D eigenvalue weighted by atomic mass is 10.0. The van der Waals surface area contributed by atoms with Crippen molar-refractivity contribution in [3.05, 3.63) is 23.8 Å². The van der Waals surface area contributed by atoms with E-state index in [4.69, 9.17) is 4.74 Å². The van der Waals surface area contributed by atoms with Crippen LogP contribution in [0.4, 0.5) is 5.69 Å². The fraction of sp³-hybridized carbons (Fsp3) is 0.609. The minimum atomic E-state index is 0.0544. The zero-order valence-electron chi connectivity index (χ0n) is 18.1. The van der Waals surface area contributed by atoms with Crippen LogP contribution in [-0.2, 0) is 20.8 Å². The van der Waals surface area contributed by atoms with Crippen molar-refractivity contribution < 1.29 is 19.1 Å². The molecule has 3 amide bonds. The van der Waals surface area contributed by atoms with Gasteiger partial charge in [-0.05, 0) is 49.4 Å². The van der Waals surface area contributed by atoms with E-state index in [2.05, 4.69) is 10.2 Å². The summed E-state index contributed by atoms with van der Waals surface area (Å²) in [5, 5.41) is 2.86. The average Bonchev–Trinajstić information content (AvgIpc) is 3.32. The molecule has 0 saturated carbocycles. The molecule has 8 heteroatoms. The fourth-order valence-corrected chi connectivity index (χ4v) is 4.43. The summed E-state index contributed by atoms with van der Waals surface area (Å²) in [4.78, 5) is 42.2. The summed E-state index contributed by atoms with van der Waals surface area (Å²) in [6.07, 6.45) is 4.59. The Morgan fingerprint density at radius 1 is 0.935 bits per heavy atom. The van der Waals surface area contributed by atoms with Crippen molar-refractivity contribution in [1.82, 2.24) is 14.7 Å². The molecule has 0 aromatic heterocycles. The van der Waals surface area contributed by atoms with Gasteiger partial charge in [-0.1, -0.05) is 0 Å². The molecule has 168 valence electrons. The standard InChI is InChI=1S/C23H32N4O4/c28-21-8-5-18-16-19(6-7-20(18)24-21)31-15-3-4-22(29)27-13-11-25(12-14-27)17-23(30)26-9-1-2-10-26/h6-7,16H,1-5,8-15,17H2,(H,24,28). The number of aryl methyl sites for hydroxylation is 1. The molecule has 2 saturated heterocycles. The number of rotatable bonds is 7. The Hall–Kier alpha value is -2.61. The molecule has 3 aliphatic heterocycles. The van der Waals surface area contributed by atoms with E-state index in [1.165, 1.54) is 0 Å². The van der Waals surface area contributed by atoms with E-state index in [9.17, 15) is 14.4 Å². The Bertz CT molecular complexity index is 814. The van der Waals surface area contributed by atoms with Gasteiger partial charge in [-0.2, -0.15) is 0 Å². The van der Waals surface area contributed by atoms with Crippen molar-refractivity contribution in [2.45, 2.75) is 38.5 Å². The molecule has 4 rings (SSSR count). The summed E-state index contributed by atoms with van der Waals surface area (Å²) < 4.78 is 5.81. The largest absolute Gasteiger partial charge is 0.494 e. The van der Waals surface area contributed by atoms with Crippen LogP contribution in [0.15, 0.2) is 18.2 Å². The predicted octanol–water partition coefficient (Wildman–Crippen LogP) is 1.50. The first-order valence-corrected chi connectivity index (χ1v) is 11.4. The van der Waals surface area contributed by atoms with Crippen LogP contribution in [0.5, 0.6) is 5.75 Å². The Kier molecular flexibility index (Phi) is 7.06. The van der Waals surface area contributed by atoms with Crippen LogP contribution in [-0.4, -0.2) is 84.8 Å². The maximum atomic E-state index is 12.5. The topological polar surface area (TPSA) is 82.2 Å². The zero-order valence-corrected chi connectivity index (χ0v) is 18.1. The molecule has 0 unspecified atom stereocenters. The van der Waals surface area contributed by atoms with Crippen LogP contribution < -0.4 is 10.1 Å². The van der Waals surface area contributed by atoms with Gasteiger partial charge in [0, 0.05) is 57.8 Å². The molecular formula is C23H32N4O4. The highest BCUT2D eigenvalue weighted by Crippen LogP contribution is 2.26. The third-order valence-electron chi connectivity index (χ3n) is 6.32. The molecule has 2 fully saturated rings. The van der Waals surface area contributed by atoms with Gasteiger partial charge in [-0.3, -0.25) is 19.3 Å². The number of anilines is 1. The van der Waals surface area contributed by atoms with Crippen molar-refractivity contribution in [3.63, 3.8) is 0 Å². The van der Waals surface area contributed by atoms with E-state index in [0.29, 0.717) is 45.5 Å². The summed E-state index contributed by atoms with van der Waals surface area (Å²) in [5.41, 5.74) is 1.95. The minimum absolute atomic E-state index is 0.0544. The predicted molar refractivity (Wildman–Crippen MR) is 117 cm³/mol. The van der Waals surface area contributed by atoms with Gasteiger partial charge in [0.2, 0.25) is 17.7 Å². The lowest BCUT2D eigenvalue weighted by Crippen LogP contribution is -2.51.